The Morgan fingerprint density at radius 3 is 2.24 bits per heavy atom. The van der Waals surface area contributed by atoms with Gasteiger partial charge in [-0.15, -0.1) is 0 Å². The molecule has 0 aliphatic rings. The number of phenols is 1. The number of hydrogen-bond donors (Lipinski definition) is 1. The number of phenolic OH excluding ortho intramolecular Hbond substituents is 1. The van der Waals surface area contributed by atoms with Crippen molar-refractivity contribution in [1.82, 2.24) is 0 Å². The van der Waals surface area contributed by atoms with E-state index in [9.17, 15) is 5.11 Å². The number of hydrogen-bond acceptors (Lipinski definition) is 2. The zero-order valence-corrected chi connectivity index (χ0v) is 11.4. The maximum atomic E-state index is 9.62. The second-order valence-corrected chi connectivity index (χ2v) is 4.52. The first-order valence-electron chi connectivity index (χ1n) is 6.54. The Morgan fingerprint density at radius 2 is 1.76 bits per heavy atom. The van der Waals surface area contributed by atoms with Crippen LogP contribution in [0.5, 0.6) is 11.5 Å². The lowest BCUT2D eigenvalue weighted by atomic mass is 9.81. The van der Waals surface area contributed by atoms with E-state index < -0.39 is 0 Å². The summed E-state index contributed by atoms with van der Waals surface area (Å²) >= 11 is 0. The minimum Gasteiger partial charge on any atom is -0.504 e. The minimum atomic E-state index is 0.218. The predicted molar refractivity (Wildman–Crippen MR) is 71.8 cm³/mol. The van der Waals surface area contributed by atoms with Gasteiger partial charge in [0.15, 0.2) is 11.5 Å². The van der Waals surface area contributed by atoms with E-state index in [2.05, 4.69) is 20.8 Å². The molecule has 1 aromatic rings. The van der Waals surface area contributed by atoms with Crippen LogP contribution >= 0.6 is 0 Å². The van der Waals surface area contributed by atoms with Crippen LogP contribution < -0.4 is 4.74 Å². The highest BCUT2D eigenvalue weighted by atomic mass is 16.5. The summed E-state index contributed by atoms with van der Waals surface area (Å²) in [6, 6.07) is 5.73. The molecule has 1 atom stereocenters. The number of ether oxygens (including phenoxy) is 1. The van der Waals surface area contributed by atoms with Gasteiger partial charge in [-0.2, -0.15) is 0 Å². The molecule has 17 heavy (non-hydrogen) atoms. The highest BCUT2D eigenvalue weighted by Gasteiger charge is 2.19. The van der Waals surface area contributed by atoms with Crippen molar-refractivity contribution in [3.8, 4) is 11.5 Å². The van der Waals surface area contributed by atoms with Crippen molar-refractivity contribution in [3.63, 3.8) is 0 Å². The summed E-state index contributed by atoms with van der Waals surface area (Å²) in [6.45, 7) is 6.71. The van der Waals surface area contributed by atoms with Crippen LogP contribution in [-0.2, 0) is 0 Å². The number of aromatic hydroxyl groups is 1. The molecule has 0 bridgehead atoms. The summed E-state index contributed by atoms with van der Waals surface area (Å²) in [5.74, 6) is 2.05. The van der Waals surface area contributed by atoms with Gasteiger partial charge in [0.1, 0.15) is 0 Å². The normalized spacial score (nSPS) is 12.8. The largest absolute Gasteiger partial charge is 0.504 e. The van der Waals surface area contributed by atoms with Crippen LogP contribution in [0.25, 0.3) is 0 Å². The zero-order valence-electron chi connectivity index (χ0n) is 11.4. The third kappa shape index (κ3) is 3.15. The molecule has 0 aliphatic heterocycles. The third-order valence-corrected chi connectivity index (χ3v) is 3.69. The summed E-state index contributed by atoms with van der Waals surface area (Å²) in [4.78, 5) is 0. The average molecular weight is 236 g/mol. The Morgan fingerprint density at radius 1 is 1.12 bits per heavy atom. The summed E-state index contributed by atoms with van der Waals surface area (Å²) in [5.41, 5.74) is 1.27. The number of rotatable bonds is 6. The fraction of sp³-hybridized carbons (Fsp3) is 0.600. The van der Waals surface area contributed by atoms with Gasteiger partial charge in [0.25, 0.3) is 0 Å². The molecular weight excluding hydrogens is 212 g/mol. The Balaban J connectivity index is 3.03. The molecular formula is C15H24O2. The van der Waals surface area contributed by atoms with Gasteiger partial charge in [-0.3, -0.25) is 0 Å². The lowest BCUT2D eigenvalue weighted by molar-refractivity contribution is 0.365. The maximum absolute atomic E-state index is 9.62. The van der Waals surface area contributed by atoms with E-state index in [1.54, 1.807) is 13.2 Å². The van der Waals surface area contributed by atoms with Crippen LogP contribution in [0.2, 0.25) is 0 Å². The lowest BCUT2D eigenvalue weighted by Gasteiger charge is -2.25. The Kier molecular flexibility index (Phi) is 5.33. The van der Waals surface area contributed by atoms with Crippen LogP contribution in [0.4, 0.5) is 0 Å². The van der Waals surface area contributed by atoms with Crippen molar-refractivity contribution in [2.24, 2.45) is 5.92 Å². The smallest absolute Gasteiger partial charge is 0.160 e. The molecule has 0 amide bonds. The highest BCUT2D eigenvalue weighted by molar-refractivity contribution is 5.43. The predicted octanol–water partition coefficient (Wildman–Crippen LogP) is 4.33. The first-order chi connectivity index (χ1) is 8.17. The monoisotopic (exact) mass is 236 g/mol. The van der Waals surface area contributed by atoms with Crippen molar-refractivity contribution >= 4 is 0 Å². The van der Waals surface area contributed by atoms with E-state index in [0.717, 1.165) is 6.42 Å². The fourth-order valence-corrected chi connectivity index (χ4v) is 2.62. The van der Waals surface area contributed by atoms with Crippen LogP contribution in [0.15, 0.2) is 18.2 Å². The Labute approximate surface area is 105 Å². The molecule has 0 aromatic heterocycles. The second kappa shape index (κ2) is 6.53. The standard InChI is InChI=1S/C15H24O2/c1-5-11(6-2)13(7-3)12-8-9-14(16)15(10-12)17-4/h8-11,13,16H,5-7H2,1-4H3. The first-order valence-corrected chi connectivity index (χ1v) is 6.54. The molecule has 1 unspecified atom stereocenters. The van der Waals surface area contributed by atoms with Crippen molar-refractivity contribution in [2.45, 2.75) is 46.0 Å². The number of methoxy groups -OCH3 is 1. The second-order valence-electron chi connectivity index (χ2n) is 4.52. The molecule has 2 heteroatoms. The molecule has 0 fully saturated rings. The molecule has 1 rings (SSSR count). The molecule has 0 heterocycles. The Bertz CT molecular complexity index is 343. The van der Waals surface area contributed by atoms with Crippen molar-refractivity contribution in [2.75, 3.05) is 7.11 Å². The molecule has 2 nitrogen and oxygen atoms in total. The van der Waals surface area contributed by atoms with Gasteiger partial charge in [-0.25, -0.2) is 0 Å². The summed E-state index contributed by atoms with van der Waals surface area (Å²) in [5, 5.41) is 9.62. The minimum absolute atomic E-state index is 0.218. The molecule has 0 radical (unpaired) electrons. The fourth-order valence-electron chi connectivity index (χ4n) is 2.62. The van der Waals surface area contributed by atoms with Crippen molar-refractivity contribution in [1.29, 1.82) is 0 Å². The van der Waals surface area contributed by atoms with E-state index in [0.29, 0.717) is 17.6 Å². The Hall–Kier alpha value is -1.18. The van der Waals surface area contributed by atoms with Gasteiger partial charge in [0.05, 0.1) is 7.11 Å². The van der Waals surface area contributed by atoms with Crippen LogP contribution in [0, 0.1) is 5.92 Å². The lowest BCUT2D eigenvalue weighted by Crippen LogP contribution is -2.11. The zero-order chi connectivity index (χ0) is 12.8. The van der Waals surface area contributed by atoms with E-state index in [4.69, 9.17) is 4.74 Å². The van der Waals surface area contributed by atoms with Crippen molar-refractivity contribution in [3.05, 3.63) is 23.8 Å². The summed E-state index contributed by atoms with van der Waals surface area (Å²) in [7, 11) is 1.59. The molecule has 1 N–H and O–H groups in total. The van der Waals surface area contributed by atoms with E-state index in [-0.39, 0.29) is 5.75 Å². The van der Waals surface area contributed by atoms with Gasteiger partial charge in [-0.05, 0) is 36.0 Å². The van der Waals surface area contributed by atoms with Gasteiger partial charge in [0.2, 0.25) is 0 Å². The van der Waals surface area contributed by atoms with Crippen LogP contribution in [0.1, 0.15) is 51.5 Å². The molecule has 0 spiro atoms. The quantitative estimate of drug-likeness (QED) is 0.796. The van der Waals surface area contributed by atoms with Gasteiger partial charge in [0, 0.05) is 0 Å². The van der Waals surface area contributed by atoms with Crippen molar-refractivity contribution < 1.29 is 9.84 Å². The van der Waals surface area contributed by atoms with Gasteiger partial charge in [-0.1, -0.05) is 39.7 Å². The molecule has 0 saturated heterocycles. The third-order valence-electron chi connectivity index (χ3n) is 3.69. The van der Waals surface area contributed by atoms with Crippen LogP contribution in [-0.4, -0.2) is 12.2 Å². The van der Waals surface area contributed by atoms with E-state index >= 15 is 0 Å². The highest BCUT2D eigenvalue weighted by Crippen LogP contribution is 2.36. The topological polar surface area (TPSA) is 29.5 Å². The average Bonchev–Trinajstić information content (AvgIpc) is 2.36. The SMILES string of the molecule is CCC(CC)C(CC)c1ccc(O)c(OC)c1. The van der Waals surface area contributed by atoms with E-state index in [1.165, 1.54) is 18.4 Å². The van der Waals surface area contributed by atoms with Crippen LogP contribution in [0.3, 0.4) is 0 Å². The maximum Gasteiger partial charge on any atom is 0.160 e. The molecule has 0 aliphatic carbocycles. The molecule has 1 aromatic carbocycles. The summed E-state index contributed by atoms with van der Waals surface area (Å²) in [6.07, 6.45) is 3.51. The van der Waals surface area contributed by atoms with Gasteiger partial charge < -0.3 is 9.84 Å². The summed E-state index contributed by atoms with van der Waals surface area (Å²) < 4.78 is 5.18. The first kappa shape index (κ1) is 13.9. The van der Waals surface area contributed by atoms with E-state index in [1.807, 2.05) is 12.1 Å². The molecule has 0 saturated carbocycles. The van der Waals surface area contributed by atoms with Gasteiger partial charge >= 0.3 is 0 Å². The molecule has 96 valence electrons. The number of benzene rings is 1.